The van der Waals surface area contributed by atoms with Crippen molar-refractivity contribution in [2.24, 2.45) is 0 Å². The van der Waals surface area contributed by atoms with Gasteiger partial charge in [0, 0.05) is 17.0 Å². The summed E-state index contributed by atoms with van der Waals surface area (Å²) in [6, 6.07) is 23.4. The van der Waals surface area contributed by atoms with E-state index < -0.39 is 13.2 Å². The Labute approximate surface area is 199 Å². The van der Waals surface area contributed by atoms with Gasteiger partial charge >= 0.3 is 8.25 Å². The first-order valence-corrected chi connectivity index (χ1v) is 12.1. The molecule has 4 aromatic carbocycles. The maximum Gasteiger partial charge on any atom is 0.419 e. The summed E-state index contributed by atoms with van der Waals surface area (Å²) in [5.74, 6) is 0.728. The molecule has 4 rings (SSSR count). The summed E-state index contributed by atoms with van der Waals surface area (Å²) in [4.78, 5) is 11.3. The third-order valence-electron chi connectivity index (χ3n) is 5.70. The third kappa shape index (κ3) is 4.82. The Morgan fingerprint density at radius 1 is 0.853 bits per heavy atom. The van der Waals surface area contributed by atoms with Gasteiger partial charge in [-0.3, -0.25) is 10.1 Å². The van der Waals surface area contributed by atoms with Crippen LogP contribution in [-0.2, 0) is 9.98 Å². The van der Waals surface area contributed by atoms with Crippen LogP contribution in [0.25, 0.3) is 21.9 Å². The van der Waals surface area contributed by atoms with Gasteiger partial charge in [-0.25, -0.2) is 4.57 Å². The lowest BCUT2D eigenvalue weighted by Gasteiger charge is -2.19. The fourth-order valence-electron chi connectivity index (χ4n) is 3.93. The zero-order valence-electron chi connectivity index (χ0n) is 19.5. The number of nitrogens with zero attached hydrogens (tertiary/aromatic N) is 1. The molecule has 1 unspecified atom stereocenters. The number of hydrogen-bond donors (Lipinski definition) is 0. The first kappa shape index (κ1) is 23.5. The number of rotatable bonds is 6. The smallest absolute Gasteiger partial charge is 0.418 e. The Balaban J connectivity index is 1.75. The molecule has 0 saturated heterocycles. The molecule has 0 saturated carbocycles. The molecule has 0 aliphatic carbocycles. The lowest BCUT2D eigenvalue weighted by molar-refractivity contribution is -0.384. The van der Waals surface area contributed by atoms with Crippen molar-refractivity contribution in [3.63, 3.8) is 0 Å². The molecule has 7 heteroatoms. The molecule has 0 aliphatic heterocycles. The summed E-state index contributed by atoms with van der Waals surface area (Å²) in [7, 11) is -3.03. The van der Waals surface area contributed by atoms with Gasteiger partial charge < -0.3 is 9.05 Å². The topological polar surface area (TPSA) is 78.7 Å². The number of aryl methyl sites for hydroxylation is 1. The maximum absolute atomic E-state index is 13.0. The van der Waals surface area contributed by atoms with Crippen molar-refractivity contribution in [3.8, 4) is 22.6 Å². The molecule has 0 aromatic heterocycles. The Bertz CT molecular complexity index is 1390. The highest BCUT2D eigenvalue weighted by atomic mass is 31.1. The normalized spacial score (nSPS) is 12.4. The fraction of sp³-hybridized carbons (Fsp3) is 0.185. The molecule has 4 aromatic rings. The summed E-state index contributed by atoms with van der Waals surface area (Å²) in [5.41, 5.74) is 2.71. The maximum atomic E-state index is 13.0. The van der Waals surface area contributed by atoms with Crippen LogP contribution in [0.2, 0.25) is 0 Å². The van der Waals surface area contributed by atoms with Crippen molar-refractivity contribution in [2.75, 3.05) is 0 Å². The second kappa shape index (κ2) is 9.32. The van der Waals surface area contributed by atoms with E-state index in [-0.39, 0.29) is 11.1 Å². The van der Waals surface area contributed by atoms with Gasteiger partial charge in [0.15, 0.2) is 0 Å². The molecule has 0 amide bonds. The highest BCUT2D eigenvalue weighted by Gasteiger charge is 2.23. The highest BCUT2D eigenvalue weighted by molar-refractivity contribution is 7.34. The van der Waals surface area contributed by atoms with Crippen LogP contribution in [0, 0.1) is 17.0 Å². The quantitative estimate of drug-likeness (QED) is 0.161. The lowest BCUT2D eigenvalue weighted by Crippen LogP contribution is -2.10. The van der Waals surface area contributed by atoms with Gasteiger partial charge in [-0.2, -0.15) is 0 Å². The summed E-state index contributed by atoms with van der Waals surface area (Å²) in [6.45, 7) is 8.14. The van der Waals surface area contributed by atoms with Gasteiger partial charge in [0.05, 0.1) is 10.5 Å². The van der Waals surface area contributed by atoms with Crippen LogP contribution in [-0.4, -0.2) is 4.92 Å². The first-order valence-electron chi connectivity index (χ1n) is 10.9. The minimum atomic E-state index is -3.03. The van der Waals surface area contributed by atoms with E-state index in [1.807, 2.05) is 42.5 Å². The fourth-order valence-corrected chi connectivity index (χ4v) is 4.68. The second-order valence-electron chi connectivity index (χ2n) is 9.12. The van der Waals surface area contributed by atoms with E-state index >= 15 is 0 Å². The molecule has 174 valence electrons. The number of hydrogen-bond acceptors (Lipinski definition) is 5. The van der Waals surface area contributed by atoms with Gasteiger partial charge in [-0.15, -0.1) is 0 Å². The van der Waals surface area contributed by atoms with Crippen molar-refractivity contribution in [1.82, 2.24) is 0 Å². The van der Waals surface area contributed by atoms with Crippen molar-refractivity contribution in [2.45, 2.75) is 33.1 Å². The molecule has 0 fully saturated rings. The number of fused-ring (bicyclic) bond motifs is 1. The number of nitro benzene ring substituents is 1. The standard InChI is InChI=1S/C27H26NO5P/c1-18-8-7-11-24(28(29)30)25(18)23-17-12-19-9-5-6-10-22(19)26(23)33-34(31)32-21-15-13-20(14-16-21)27(2,3)4/h5-17,34H,1-4H3. The van der Waals surface area contributed by atoms with Crippen LogP contribution in [0.3, 0.4) is 0 Å². The van der Waals surface area contributed by atoms with Crippen LogP contribution in [0.4, 0.5) is 5.69 Å². The van der Waals surface area contributed by atoms with Crippen molar-refractivity contribution < 1.29 is 18.5 Å². The van der Waals surface area contributed by atoms with E-state index in [0.29, 0.717) is 33.6 Å². The SMILES string of the molecule is Cc1cccc([N+](=O)[O-])c1-c1ccc2ccccc2c1O[PH](=O)Oc1ccc(C(C)(C)C)cc1. The van der Waals surface area contributed by atoms with Gasteiger partial charge in [0.2, 0.25) is 0 Å². The van der Waals surface area contributed by atoms with E-state index in [4.69, 9.17) is 9.05 Å². The van der Waals surface area contributed by atoms with Crippen LogP contribution >= 0.6 is 8.25 Å². The summed E-state index contributed by atoms with van der Waals surface area (Å²) < 4.78 is 24.5. The monoisotopic (exact) mass is 475 g/mol. The van der Waals surface area contributed by atoms with Crippen LogP contribution < -0.4 is 9.05 Å². The Kier molecular flexibility index (Phi) is 6.45. The van der Waals surface area contributed by atoms with Crippen LogP contribution in [0.15, 0.2) is 78.9 Å². The average molecular weight is 475 g/mol. The van der Waals surface area contributed by atoms with Crippen molar-refractivity contribution in [3.05, 3.63) is 100 Å². The third-order valence-corrected chi connectivity index (χ3v) is 6.48. The molecule has 0 spiro atoms. The van der Waals surface area contributed by atoms with Gasteiger partial charge in [-0.05, 0) is 47.1 Å². The minimum absolute atomic E-state index is 0.0135. The molecule has 0 N–H and O–H groups in total. The van der Waals surface area contributed by atoms with Crippen LogP contribution in [0.5, 0.6) is 11.5 Å². The van der Waals surface area contributed by atoms with Gasteiger partial charge in [0.25, 0.3) is 5.69 Å². The predicted molar refractivity (Wildman–Crippen MR) is 136 cm³/mol. The molecule has 0 bridgehead atoms. The summed E-state index contributed by atoms with van der Waals surface area (Å²) >= 11 is 0. The molecular formula is C27H26NO5P. The number of benzene rings is 4. The zero-order valence-corrected chi connectivity index (χ0v) is 20.5. The largest absolute Gasteiger partial charge is 0.419 e. The van der Waals surface area contributed by atoms with E-state index in [2.05, 4.69) is 20.8 Å². The van der Waals surface area contributed by atoms with Crippen molar-refractivity contribution in [1.29, 1.82) is 0 Å². The van der Waals surface area contributed by atoms with E-state index in [9.17, 15) is 14.7 Å². The Morgan fingerprint density at radius 2 is 1.56 bits per heavy atom. The second-order valence-corrected chi connectivity index (χ2v) is 10.0. The summed E-state index contributed by atoms with van der Waals surface area (Å²) in [5, 5.41) is 13.3. The molecule has 6 nitrogen and oxygen atoms in total. The molecular weight excluding hydrogens is 449 g/mol. The van der Waals surface area contributed by atoms with Crippen molar-refractivity contribution >= 4 is 24.7 Å². The molecule has 0 aliphatic rings. The van der Waals surface area contributed by atoms with E-state index in [1.165, 1.54) is 6.07 Å². The lowest BCUT2D eigenvalue weighted by atomic mass is 9.87. The summed E-state index contributed by atoms with van der Waals surface area (Å²) in [6.07, 6.45) is 0. The first-order chi connectivity index (χ1) is 16.1. The number of nitro groups is 1. The average Bonchev–Trinajstić information content (AvgIpc) is 2.79. The minimum Gasteiger partial charge on any atom is -0.418 e. The Hall–Kier alpha value is -3.63. The zero-order chi connectivity index (χ0) is 24.5. The molecule has 1 atom stereocenters. The van der Waals surface area contributed by atoms with E-state index in [0.717, 1.165) is 10.9 Å². The van der Waals surface area contributed by atoms with E-state index in [1.54, 1.807) is 37.3 Å². The Morgan fingerprint density at radius 3 is 2.24 bits per heavy atom. The van der Waals surface area contributed by atoms with Crippen LogP contribution in [0.1, 0.15) is 31.9 Å². The highest BCUT2D eigenvalue weighted by Crippen LogP contribution is 2.45. The molecule has 34 heavy (non-hydrogen) atoms. The molecule has 0 heterocycles. The molecule has 0 radical (unpaired) electrons. The van der Waals surface area contributed by atoms with Gasteiger partial charge in [0.1, 0.15) is 11.5 Å². The van der Waals surface area contributed by atoms with Gasteiger partial charge in [-0.1, -0.05) is 75.4 Å². The predicted octanol–water partition coefficient (Wildman–Crippen LogP) is 7.87.